The van der Waals surface area contributed by atoms with Gasteiger partial charge in [-0.1, -0.05) is 29.8 Å². The minimum Gasteiger partial charge on any atom is -0.348 e. The summed E-state index contributed by atoms with van der Waals surface area (Å²) in [6.07, 6.45) is 4.95. The first-order valence-corrected chi connectivity index (χ1v) is 9.48. The molecule has 4 rings (SSSR count). The molecule has 130 valence electrons. The van der Waals surface area contributed by atoms with Crippen molar-refractivity contribution in [3.8, 4) is 0 Å². The summed E-state index contributed by atoms with van der Waals surface area (Å²) in [6.45, 7) is 5.02. The lowest BCUT2D eigenvalue weighted by Crippen LogP contribution is -2.39. The molecule has 0 radical (unpaired) electrons. The molecule has 1 heterocycles. The van der Waals surface area contributed by atoms with Gasteiger partial charge in [0.05, 0.1) is 0 Å². The predicted octanol–water partition coefficient (Wildman–Crippen LogP) is 4.43. The summed E-state index contributed by atoms with van der Waals surface area (Å²) in [7, 11) is 0. The first-order chi connectivity index (χ1) is 12.1. The zero-order chi connectivity index (χ0) is 17.6. The van der Waals surface area contributed by atoms with Crippen LogP contribution in [0.25, 0.3) is 0 Å². The number of hydrogen-bond acceptors (Lipinski definition) is 3. The van der Waals surface area contributed by atoms with Crippen LogP contribution in [0.1, 0.15) is 62.5 Å². The first-order valence-electron chi connectivity index (χ1n) is 9.48. The molecule has 0 aromatic heterocycles. The average molecular weight is 335 g/mol. The second-order valence-electron chi connectivity index (χ2n) is 7.36. The fraction of sp³-hybridized carbons (Fsp3) is 0.455. The van der Waals surface area contributed by atoms with Crippen molar-refractivity contribution in [2.75, 3.05) is 6.54 Å². The van der Waals surface area contributed by atoms with Crippen LogP contribution in [0.4, 0.5) is 0 Å². The maximum atomic E-state index is 12.9. The van der Waals surface area contributed by atoms with E-state index in [1.807, 2.05) is 0 Å². The van der Waals surface area contributed by atoms with Crippen LogP contribution >= 0.6 is 0 Å². The molecule has 0 unspecified atom stereocenters. The van der Waals surface area contributed by atoms with Gasteiger partial charge in [0.1, 0.15) is 0 Å². The molecular weight excluding hydrogens is 310 g/mol. The van der Waals surface area contributed by atoms with Crippen LogP contribution in [0.3, 0.4) is 0 Å². The Morgan fingerprint density at radius 1 is 0.880 bits per heavy atom. The highest BCUT2D eigenvalue weighted by Gasteiger charge is 2.42. The quantitative estimate of drug-likeness (QED) is 0.802. The van der Waals surface area contributed by atoms with Gasteiger partial charge in [-0.3, -0.25) is 9.59 Å². The minimum absolute atomic E-state index is 0.158. The number of carbonyl (C=O) groups excluding carboxylic acids is 2. The van der Waals surface area contributed by atoms with Crippen molar-refractivity contribution in [1.29, 1.82) is 0 Å². The molecule has 0 N–H and O–H groups in total. The number of Topliss-reactive ketones (excluding diaryl/α,β-unsaturated/α-hetero) is 2. The van der Waals surface area contributed by atoms with E-state index in [1.54, 1.807) is 0 Å². The molecule has 25 heavy (non-hydrogen) atoms. The summed E-state index contributed by atoms with van der Waals surface area (Å²) in [4.78, 5) is 28.1. The zero-order valence-corrected chi connectivity index (χ0v) is 15.1. The van der Waals surface area contributed by atoms with E-state index >= 15 is 0 Å². The van der Waals surface area contributed by atoms with E-state index in [1.165, 1.54) is 17.0 Å². The molecule has 0 amide bonds. The third kappa shape index (κ3) is 2.57. The summed E-state index contributed by atoms with van der Waals surface area (Å²) in [5, 5.41) is 0. The van der Waals surface area contributed by atoms with Crippen molar-refractivity contribution < 1.29 is 9.59 Å². The SMILES string of the molecule is CCN1C2=C(C(=O)CCC2)C(c2ccc(C)cc2)C2=C1CCCC2=O. The summed E-state index contributed by atoms with van der Waals surface area (Å²) < 4.78 is 0. The number of aryl methyl sites for hydroxylation is 1. The number of benzene rings is 1. The maximum Gasteiger partial charge on any atom is 0.161 e. The van der Waals surface area contributed by atoms with E-state index in [4.69, 9.17) is 0 Å². The monoisotopic (exact) mass is 335 g/mol. The highest BCUT2D eigenvalue weighted by atomic mass is 16.1. The van der Waals surface area contributed by atoms with E-state index in [2.05, 4.69) is 43.0 Å². The predicted molar refractivity (Wildman–Crippen MR) is 98.1 cm³/mol. The Morgan fingerprint density at radius 2 is 1.40 bits per heavy atom. The van der Waals surface area contributed by atoms with Crippen molar-refractivity contribution >= 4 is 11.6 Å². The van der Waals surface area contributed by atoms with Crippen LogP contribution in [0, 0.1) is 6.92 Å². The lowest BCUT2D eigenvalue weighted by Gasteiger charge is -2.43. The molecule has 0 spiro atoms. The largest absolute Gasteiger partial charge is 0.348 e. The van der Waals surface area contributed by atoms with Crippen LogP contribution in [0.15, 0.2) is 46.8 Å². The molecule has 0 atom stereocenters. The topological polar surface area (TPSA) is 37.4 Å². The Balaban J connectivity index is 1.95. The molecule has 1 aromatic carbocycles. The van der Waals surface area contributed by atoms with Crippen LogP contribution in [0.5, 0.6) is 0 Å². The van der Waals surface area contributed by atoms with E-state index < -0.39 is 0 Å². The molecule has 0 saturated heterocycles. The summed E-state index contributed by atoms with van der Waals surface area (Å²) >= 11 is 0. The van der Waals surface area contributed by atoms with Gasteiger partial charge in [0.2, 0.25) is 0 Å². The molecule has 3 aliphatic rings. The van der Waals surface area contributed by atoms with Gasteiger partial charge < -0.3 is 4.90 Å². The number of hydrogen-bond donors (Lipinski definition) is 0. The second kappa shape index (κ2) is 6.29. The highest BCUT2D eigenvalue weighted by molar-refractivity contribution is 6.06. The van der Waals surface area contributed by atoms with E-state index in [9.17, 15) is 9.59 Å². The lowest BCUT2D eigenvalue weighted by atomic mass is 9.71. The minimum atomic E-state index is -0.158. The Kier molecular flexibility index (Phi) is 4.10. The third-order valence-corrected chi connectivity index (χ3v) is 5.81. The molecule has 1 aliphatic heterocycles. The Hall–Kier alpha value is -2.16. The van der Waals surface area contributed by atoms with Gasteiger partial charge >= 0.3 is 0 Å². The molecule has 0 bridgehead atoms. The molecule has 3 nitrogen and oxygen atoms in total. The molecular formula is C22H25NO2. The number of ketones is 2. The number of nitrogens with zero attached hydrogens (tertiary/aromatic N) is 1. The van der Waals surface area contributed by atoms with E-state index in [0.717, 1.165) is 48.9 Å². The molecule has 1 aromatic rings. The standard InChI is InChI=1S/C22H25NO2/c1-3-23-16-6-4-8-18(24)21(16)20(15-12-10-14(2)11-13-15)22-17(23)7-5-9-19(22)25/h10-13,20H,3-9H2,1-2H3. The third-order valence-electron chi connectivity index (χ3n) is 5.81. The molecule has 0 saturated carbocycles. The van der Waals surface area contributed by atoms with Crippen LogP contribution in [-0.4, -0.2) is 23.0 Å². The first kappa shape index (κ1) is 16.3. The van der Waals surface area contributed by atoms with Crippen molar-refractivity contribution in [2.45, 2.75) is 58.3 Å². The Labute approximate surface area is 149 Å². The second-order valence-corrected chi connectivity index (χ2v) is 7.36. The smallest absolute Gasteiger partial charge is 0.161 e. The fourth-order valence-electron chi connectivity index (χ4n) is 4.69. The zero-order valence-electron chi connectivity index (χ0n) is 15.1. The Bertz CT molecular complexity index is 754. The van der Waals surface area contributed by atoms with Crippen molar-refractivity contribution in [3.63, 3.8) is 0 Å². The summed E-state index contributed by atoms with van der Waals surface area (Å²) in [5.74, 6) is 0.305. The molecule has 2 aliphatic carbocycles. The van der Waals surface area contributed by atoms with Crippen LogP contribution in [-0.2, 0) is 9.59 Å². The number of rotatable bonds is 2. The number of allylic oxidation sites excluding steroid dienone is 4. The van der Waals surface area contributed by atoms with Crippen molar-refractivity contribution in [2.24, 2.45) is 0 Å². The summed E-state index contributed by atoms with van der Waals surface area (Å²) in [5.41, 5.74) is 6.43. The van der Waals surface area contributed by atoms with Gasteiger partial charge in [-0.2, -0.15) is 0 Å². The van der Waals surface area contributed by atoms with Crippen molar-refractivity contribution in [3.05, 3.63) is 57.9 Å². The summed E-state index contributed by atoms with van der Waals surface area (Å²) in [6, 6.07) is 8.37. The maximum absolute atomic E-state index is 12.9. The van der Waals surface area contributed by atoms with Crippen LogP contribution < -0.4 is 0 Å². The molecule has 0 fully saturated rings. The van der Waals surface area contributed by atoms with Gasteiger partial charge in [-0.15, -0.1) is 0 Å². The van der Waals surface area contributed by atoms with Crippen LogP contribution in [0.2, 0.25) is 0 Å². The molecule has 3 heteroatoms. The lowest BCUT2D eigenvalue weighted by molar-refractivity contribution is -0.117. The van der Waals surface area contributed by atoms with Gasteiger partial charge in [-0.25, -0.2) is 0 Å². The van der Waals surface area contributed by atoms with Gasteiger partial charge in [-0.05, 0) is 45.1 Å². The van der Waals surface area contributed by atoms with E-state index in [-0.39, 0.29) is 17.5 Å². The van der Waals surface area contributed by atoms with Gasteiger partial charge in [0, 0.05) is 47.8 Å². The van der Waals surface area contributed by atoms with Gasteiger partial charge in [0.25, 0.3) is 0 Å². The normalized spacial score (nSPS) is 21.6. The van der Waals surface area contributed by atoms with Crippen molar-refractivity contribution in [1.82, 2.24) is 4.90 Å². The number of carbonyl (C=O) groups is 2. The average Bonchev–Trinajstić information content (AvgIpc) is 2.61. The fourth-order valence-corrected chi connectivity index (χ4v) is 4.69. The van der Waals surface area contributed by atoms with Gasteiger partial charge in [0.15, 0.2) is 11.6 Å². The Morgan fingerprint density at radius 3 is 1.88 bits per heavy atom. The van der Waals surface area contributed by atoms with E-state index in [0.29, 0.717) is 12.8 Å². The highest BCUT2D eigenvalue weighted by Crippen LogP contribution is 2.48.